The van der Waals surface area contributed by atoms with Crippen LogP contribution >= 0.6 is 0 Å². The van der Waals surface area contributed by atoms with Crippen LogP contribution in [0.2, 0.25) is 0 Å². The summed E-state index contributed by atoms with van der Waals surface area (Å²) in [6, 6.07) is 92.5. The molecule has 0 saturated heterocycles. The van der Waals surface area contributed by atoms with E-state index in [1.165, 1.54) is 20.7 Å². The molecule has 0 atom stereocenters. The largest absolute Gasteiger partial charge is 0.308 e. The van der Waals surface area contributed by atoms with Gasteiger partial charge >= 0.3 is 0 Å². The van der Waals surface area contributed by atoms with Gasteiger partial charge < -0.3 is 4.57 Å². The number of benzene rings is 10. The molecule has 0 aliphatic heterocycles. The van der Waals surface area contributed by atoms with Gasteiger partial charge in [0.15, 0.2) is 31.2 Å². The van der Waals surface area contributed by atoms with Crippen LogP contribution in [0.4, 0.5) is 5.69 Å². The Labute approximate surface area is 408 Å². The molecule has 2 heterocycles. The normalized spacial score (nSPS) is 11.4. The Morgan fingerprint density at radius 2 is 0.771 bits per heavy atom. The van der Waals surface area contributed by atoms with Gasteiger partial charge in [-0.25, -0.2) is 19.8 Å². The van der Waals surface area contributed by atoms with Crippen molar-refractivity contribution in [3.8, 4) is 62.1 Å². The van der Waals surface area contributed by atoms with Crippen molar-refractivity contribution >= 4 is 56.3 Å². The molecule has 0 saturated carbocycles. The fraction of sp³-hybridized carbons (Fsp3) is 0. The van der Waals surface area contributed by atoms with Gasteiger partial charge in [0.05, 0.1) is 23.3 Å². The summed E-state index contributed by atoms with van der Waals surface area (Å²) in [4.78, 5) is 19.4. The second-order valence-corrected chi connectivity index (χ2v) is 21.3. The number of aromatic nitrogens is 4. The summed E-state index contributed by atoms with van der Waals surface area (Å²) in [5.41, 5.74) is 10.6. The highest BCUT2D eigenvalue weighted by Crippen LogP contribution is 2.40. The average Bonchev–Trinajstić information content (AvgIpc) is 3.78. The van der Waals surface area contributed by atoms with Gasteiger partial charge in [-0.05, 0) is 79.4 Å². The lowest BCUT2D eigenvalue weighted by molar-refractivity contribution is 1.06. The fourth-order valence-electron chi connectivity index (χ4n) is 10.2. The third kappa shape index (κ3) is 7.48. The topological polar surface area (TPSA) is 48.0 Å². The van der Waals surface area contributed by atoms with Crippen molar-refractivity contribution in [2.24, 2.45) is 0 Å². The molecule has 0 aliphatic carbocycles. The number of rotatable bonds is 10. The van der Waals surface area contributed by atoms with Gasteiger partial charge in [-0.1, -0.05) is 224 Å². The van der Waals surface area contributed by atoms with Crippen molar-refractivity contribution in [1.29, 1.82) is 0 Å². The molecular formula is C64H43N5Si. The fourth-order valence-corrected chi connectivity index (χ4v) is 15.0. The van der Waals surface area contributed by atoms with Crippen molar-refractivity contribution in [2.45, 2.75) is 0 Å². The molecule has 12 rings (SSSR count). The molecule has 0 unspecified atom stereocenters. The number of hydrogen-bond acceptors (Lipinski definition) is 3. The van der Waals surface area contributed by atoms with Crippen LogP contribution in [0.3, 0.4) is 0 Å². The molecular weight excluding hydrogens is 867 g/mol. The van der Waals surface area contributed by atoms with Gasteiger partial charge in [0.1, 0.15) is 0 Å². The maximum atomic E-state index is 7.71. The lowest BCUT2D eigenvalue weighted by Crippen LogP contribution is -2.74. The number of para-hydroxylation sites is 1. The van der Waals surface area contributed by atoms with Gasteiger partial charge in [0.25, 0.3) is 0 Å². The first kappa shape index (κ1) is 42.1. The zero-order valence-electron chi connectivity index (χ0n) is 38.1. The van der Waals surface area contributed by atoms with Crippen molar-refractivity contribution < 1.29 is 0 Å². The summed E-state index contributed by atoms with van der Waals surface area (Å²) in [7, 11) is -2.83. The van der Waals surface area contributed by atoms with Crippen LogP contribution < -0.4 is 20.7 Å². The maximum absolute atomic E-state index is 7.71. The third-order valence-corrected chi connectivity index (χ3v) is 18.2. The molecule has 0 spiro atoms. The standard InChI is InChI=1S/C64H43N5Si/c1-65-51-27-19-25-47(41-51)49-38-40-60-58(43-49)56-35-17-18-36-59(56)69(60)61-44-50(37-39-57(61)64-67-62(45-21-7-2-8-22-45)66-63(68-64)46-23-9-3-10-24-46)48-26-20-34-55(42-48)70(52-28-11-4-12-29-52,53-30-13-5-14-31-53)54-32-15-6-16-33-54/h2-44H. The zero-order chi connectivity index (χ0) is 46.9. The van der Waals surface area contributed by atoms with Crippen LogP contribution in [0, 0.1) is 6.57 Å². The van der Waals surface area contributed by atoms with Gasteiger partial charge in [-0.3, -0.25) is 0 Å². The molecule has 0 N–H and O–H groups in total. The molecule has 5 nitrogen and oxygen atoms in total. The van der Waals surface area contributed by atoms with E-state index in [0.29, 0.717) is 23.2 Å². The van der Waals surface area contributed by atoms with Crippen molar-refractivity contribution in [3.05, 3.63) is 272 Å². The summed E-state index contributed by atoms with van der Waals surface area (Å²) in [6.45, 7) is 7.71. The molecule has 0 bridgehead atoms. The van der Waals surface area contributed by atoms with Crippen molar-refractivity contribution in [2.75, 3.05) is 0 Å². The lowest BCUT2D eigenvalue weighted by Gasteiger charge is -2.34. The monoisotopic (exact) mass is 909 g/mol. The molecule has 0 amide bonds. The van der Waals surface area contributed by atoms with Gasteiger partial charge in [0, 0.05) is 27.5 Å². The van der Waals surface area contributed by atoms with E-state index in [1.807, 2.05) is 78.9 Å². The quantitative estimate of drug-likeness (QED) is 0.0780. The molecule has 2 aromatic heterocycles. The van der Waals surface area contributed by atoms with Crippen LogP contribution in [0.1, 0.15) is 0 Å². The van der Waals surface area contributed by atoms with Gasteiger partial charge in [-0.2, -0.15) is 0 Å². The van der Waals surface area contributed by atoms with Crippen LogP contribution in [-0.4, -0.2) is 27.6 Å². The second kappa shape index (κ2) is 18.1. The summed E-state index contributed by atoms with van der Waals surface area (Å²) in [6.07, 6.45) is 0. The Morgan fingerprint density at radius 1 is 0.329 bits per heavy atom. The average molecular weight is 910 g/mol. The molecule has 12 aromatic rings. The Morgan fingerprint density at radius 3 is 1.37 bits per heavy atom. The van der Waals surface area contributed by atoms with E-state index in [0.717, 1.165) is 66.4 Å². The predicted molar refractivity (Wildman–Crippen MR) is 291 cm³/mol. The van der Waals surface area contributed by atoms with E-state index < -0.39 is 8.07 Å². The first-order valence-corrected chi connectivity index (χ1v) is 25.5. The molecule has 328 valence electrons. The van der Waals surface area contributed by atoms with Crippen LogP contribution in [0.15, 0.2) is 261 Å². The molecule has 0 aliphatic rings. The molecule has 0 fully saturated rings. The Balaban J connectivity index is 1.13. The first-order valence-electron chi connectivity index (χ1n) is 23.5. The van der Waals surface area contributed by atoms with Crippen LogP contribution in [0.5, 0.6) is 0 Å². The minimum atomic E-state index is -2.83. The Kier molecular flexibility index (Phi) is 10.9. The van der Waals surface area contributed by atoms with Crippen LogP contribution in [-0.2, 0) is 0 Å². The minimum Gasteiger partial charge on any atom is -0.308 e. The summed E-state index contributed by atoms with van der Waals surface area (Å²) >= 11 is 0. The highest BCUT2D eigenvalue weighted by Gasteiger charge is 2.41. The Bertz CT molecular complexity index is 3730. The Hall–Kier alpha value is -9.28. The third-order valence-electron chi connectivity index (χ3n) is 13.4. The molecule has 10 aromatic carbocycles. The van der Waals surface area contributed by atoms with E-state index in [9.17, 15) is 0 Å². The van der Waals surface area contributed by atoms with Crippen molar-refractivity contribution in [1.82, 2.24) is 19.5 Å². The smallest absolute Gasteiger partial charge is 0.187 e. The summed E-state index contributed by atoms with van der Waals surface area (Å²) in [5, 5.41) is 7.49. The summed E-state index contributed by atoms with van der Waals surface area (Å²) in [5.74, 6) is 1.78. The first-order chi connectivity index (χ1) is 34.7. The number of hydrogen-bond donors (Lipinski definition) is 0. The highest BCUT2D eigenvalue weighted by molar-refractivity contribution is 7.19. The van der Waals surface area contributed by atoms with Crippen LogP contribution in [0.25, 0.3) is 88.8 Å². The zero-order valence-corrected chi connectivity index (χ0v) is 39.1. The molecule has 6 heteroatoms. The number of nitrogens with zero attached hydrogens (tertiary/aromatic N) is 5. The number of fused-ring (bicyclic) bond motifs is 3. The molecule has 70 heavy (non-hydrogen) atoms. The SMILES string of the molecule is [C-]#[N+]c1cccc(-c2ccc3c(c2)c2ccccc2n3-c2cc(-c3cccc([Si](c4ccccc4)(c4ccccc4)c4ccccc4)c3)ccc2-c2nc(-c3ccccc3)nc(-c3ccccc3)n2)c1. The van der Waals surface area contributed by atoms with E-state index >= 15 is 0 Å². The lowest BCUT2D eigenvalue weighted by atomic mass is 10.0. The van der Waals surface area contributed by atoms with E-state index in [4.69, 9.17) is 21.5 Å². The minimum absolute atomic E-state index is 0.574. The van der Waals surface area contributed by atoms with E-state index in [-0.39, 0.29) is 0 Å². The van der Waals surface area contributed by atoms with E-state index in [1.54, 1.807) is 0 Å². The second-order valence-electron chi connectivity index (χ2n) is 17.4. The maximum Gasteiger partial charge on any atom is 0.187 e. The molecule has 0 radical (unpaired) electrons. The van der Waals surface area contributed by atoms with Crippen molar-refractivity contribution in [3.63, 3.8) is 0 Å². The predicted octanol–water partition coefficient (Wildman–Crippen LogP) is 13.2. The van der Waals surface area contributed by atoms with Gasteiger partial charge in [-0.15, -0.1) is 0 Å². The summed E-state index contributed by atoms with van der Waals surface area (Å²) < 4.78 is 2.37. The van der Waals surface area contributed by atoms with Gasteiger partial charge in [0.2, 0.25) is 0 Å². The van der Waals surface area contributed by atoms with E-state index in [2.05, 4.69) is 191 Å². The highest BCUT2D eigenvalue weighted by atomic mass is 28.3.